The Morgan fingerprint density at radius 1 is 1.14 bits per heavy atom. The molecule has 28 heavy (non-hydrogen) atoms. The van der Waals surface area contributed by atoms with Crippen LogP contribution in [-0.2, 0) is 17.7 Å². The van der Waals surface area contributed by atoms with E-state index in [1.165, 1.54) is 7.11 Å². The van der Waals surface area contributed by atoms with Gasteiger partial charge in [0.15, 0.2) is 0 Å². The zero-order chi connectivity index (χ0) is 19.7. The van der Waals surface area contributed by atoms with Gasteiger partial charge in [0, 0.05) is 36.3 Å². The predicted octanol–water partition coefficient (Wildman–Crippen LogP) is 3.54. The van der Waals surface area contributed by atoms with Gasteiger partial charge in [0.1, 0.15) is 11.3 Å². The number of carbonyl (C=O) groups is 1. The molecule has 6 heteroatoms. The number of anilines is 1. The molecule has 144 valence electrons. The van der Waals surface area contributed by atoms with Gasteiger partial charge in [-0.1, -0.05) is 0 Å². The van der Waals surface area contributed by atoms with Crippen LogP contribution in [0.15, 0.2) is 51.7 Å². The number of benzene rings is 2. The Bertz CT molecular complexity index is 1100. The van der Waals surface area contributed by atoms with Gasteiger partial charge in [0.2, 0.25) is 0 Å². The van der Waals surface area contributed by atoms with Gasteiger partial charge in [-0.2, -0.15) is 0 Å². The van der Waals surface area contributed by atoms with E-state index in [9.17, 15) is 9.59 Å². The molecule has 0 atom stereocenters. The summed E-state index contributed by atoms with van der Waals surface area (Å²) in [5, 5.41) is 0.888. The third kappa shape index (κ3) is 3.33. The molecular weight excluding hydrogens is 358 g/mol. The second-order valence-corrected chi connectivity index (χ2v) is 6.81. The number of ether oxygens (including phenoxy) is 2. The predicted molar refractivity (Wildman–Crippen MR) is 106 cm³/mol. The maximum atomic E-state index is 12.1. The number of esters is 1. The van der Waals surface area contributed by atoms with Gasteiger partial charge in [0.25, 0.3) is 0 Å². The first-order valence-electron chi connectivity index (χ1n) is 9.16. The molecule has 0 fully saturated rings. The van der Waals surface area contributed by atoms with Gasteiger partial charge in [0.05, 0.1) is 19.8 Å². The molecule has 0 bridgehead atoms. The lowest BCUT2D eigenvalue weighted by atomic mass is 9.98. The highest BCUT2D eigenvalue weighted by Gasteiger charge is 2.20. The summed E-state index contributed by atoms with van der Waals surface area (Å²) in [4.78, 5) is 26.1. The lowest BCUT2D eigenvalue weighted by Crippen LogP contribution is -2.29. The van der Waals surface area contributed by atoms with Crippen LogP contribution in [0.5, 0.6) is 5.75 Å². The molecule has 0 unspecified atom stereocenters. The Morgan fingerprint density at radius 2 is 2.00 bits per heavy atom. The van der Waals surface area contributed by atoms with E-state index in [0.29, 0.717) is 23.4 Å². The van der Waals surface area contributed by atoms with Gasteiger partial charge in [-0.15, -0.1) is 0 Å². The Labute approximate surface area is 162 Å². The Hall–Kier alpha value is -3.28. The number of aryl methyl sites for hydroxylation is 1. The van der Waals surface area contributed by atoms with Gasteiger partial charge >= 0.3 is 11.6 Å². The van der Waals surface area contributed by atoms with E-state index < -0.39 is 0 Å². The number of nitrogens with zero attached hydrogens (tertiary/aromatic N) is 1. The topological polar surface area (TPSA) is 69.0 Å². The summed E-state index contributed by atoms with van der Waals surface area (Å²) < 4.78 is 15.4. The monoisotopic (exact) mass is 379 g/mol. The molecule has 2 aromatic carbocycles. The molecule has 6 nitrogen and oxygen atoms in total. The van der Waals surface area contributed by atoms with Gasteiger partial charge in [-0.3, -0.25) is 0 Å². The maximum absolute atomic E-state index is 12.1. The molecular formula is C22H21NO5. The average molecular weight is 379 g/mol. The summed E-state index contributed by atoms with van der Waals surface area (Å²) in [7, 11) is 2.96. The molecule has 0 N–H and O–H groups in total. The van der Waals surface area contributed by atoms with Crippen molar-refractivity contribution in [3.05, 3.63) is 69.6 Å². The van der Waals surface area contributed by atoms with Gasteiger partial charge in [-0.25, -0.2) is 9.59 Å². The molecule has 0 saturated carbocycles. The van der Waals surface area contributed by atoms with E-state index in [0.717, 1.165) is 41.6 Å². The summed E-state index contributed by atoms with van der Waals surface area (Å²) >= 11 is 0. The molecule has 2 heterocycles. The number of rotatable bonds is 4. The fourth-order valence-electron chi connectivity index (χ4n) is 3.76. The van der Waals surface area contributed by atoms with Crippen LogP contribution in [0.3, 0.4) is 0 Å². The second kappa shape index (κ2) is 7.38. The lowest BCUT2D eigenvalue weighted by Gasteiger charge is -2.32. The minimum Gasteiger partial charge on any atom is -0.497 e. The molecule has 1 aliphatic heterocycles. The first-order chi connectivity index (χ1) is 13.6. The third-order valence-corrected chi connectivity index (χ3v) is 5.11. The first-order valence-corrected chi connectivity index (χ1v) is 9.16. The molecule has 3 aromatic rings. The highest BCUT2D eigenvalue weighted by atomic mass is 16.5. The number of hydrogen-bond acceptors (Lipinski definition) is 6. The number of hydrogen-bond donors (Lipinski definition) is 0. The molecule has 0 amide bonds. The highest BCUT2D eigenvalue weighted by molar-refractivity contribution is 5.90. The molecule has 0 radical (unpaired) electrons. The summed E-state index contributed by atoms with van der Waals surface area (Å²) in [5.41, 5.74) is 3.78. The fourth-order valence-corrected chi connectivity index (χ4v) is 3.76. The van der Waals surface area contributed by atoms with Crippen LogP contribution in [0.25, 0.3) is 11.0 Å². The van der Waals surface area contributed by atoms with Crippen molar-refractivity contribution in [1.82, 2.24) is 0 Å². The average Bonchev–Trinajstić information content (AvgIpc) is 2.72. The quantitative estimate of drug-likeness (QED) is 0.510. The summed E-state index contributed by atoms with van der Waals surface area (Å²) in [6.07, 6.45) is 1.89. The first kappa shape index (κ1) is 18.1. The number of fused-ring (bicyclic) bond motifs is 2. The van der Waals surface area contributed by atoms with Crippen molar-refractivity contribution < 1.29 is 18.7 Å². The smallest absolute Gasteiger partial charge is 0.337 e. The largest absolute Gasteiger partial charge is 0.497 e. The molecule has 0 saturated heterocycles. The van der Waals surface area contributed by atoms with Crippen molar-refractivity contribution in [1.29, 1.82) is 0 Å². The van der Waals surface area contributed by atoms with Crippen molar-refractivity contribution in [3.8, 4) is 5.75 Å². The van der Waals surface area contributed by atoms with Crippen molar-refractivity contribution in [2.75, 3.05) is 25.7 Å². The minimum absolute atomic E-state index is 0.333. The molecule has 0 aliphatic carbocycles. The van der Waals surface area contributed by atoms with Crippen LogP contribution in [-0.4, -0.2) is 26.7 Å². The van der Waals surface area contributed by atoms with Gasteiger partial charge in [-0.05, 0) is 54.3 Å². The van der Waals surface area contributed by atoms with E-state index in [1.54, 1.807) is 25.3 Å². The molecule has 1 aliphatic rings. The summed E-state index contributed by atoms with van der Waals surface area (Å²) in [6, 6.07) is 12.7. The van der Waals surface area contributed by atoms with E-state index >= 15 is 0 Å². The van der Waals surface area contributed by atoms with Crippen molar-refractivity contribution in [3.63, 3.8) is 0 Å². The number of methoxy groups -OCH3 is 2. The van der Waals surface area contributed by atoms with E-state index in [4.69, 9.17) is 13.9 Å². The molecule has 1 aromatic heterocycles. The zero-order valence-corrected chi connectivity index (χ0v) is 15.9. The highest BCUT2D eigenvalue weighted by Crippen LogP contribution is 2.31. The van der Waals surface area contributed by atoms with Crippen LogP contribution >= 0.6 is 0 Å². The molecule has 4 rings (SSSR count). The Balaban J connectivity index is 1.71. The summed E-state index contributed by atoms with van der Waals surface area (Å²) in [6.45, 7) is 1.46. The van der Waals surface area contributed by atoms with Crippen molar-refractivity contribution >= 4 is 22.6 Å². The van der Waals surface area contributed by atoms with Crippen LogP contribution in [0.2, 0.25) is 0 Å². The fraction of sp³-hybridized carbons (Fsp3) is 0.273. The third-order valence-electron chi connectivity index (χ3n) is 5.11. The normalized spacial score (nSPS) is 13.3. The van der Waals surface area contributed by atoms with E-state index in [2.05, 4.69) is 4.90 Å². The Morgan fingerprint density at radius 3 is 2.79 bits per heavy atom. The molecule has 0 spiro atoms. The van der Waals surface area contributed by atoms with Crippen molar-refractivity contribution in [2.24, 2.45) is 0 Å². The SMILES string of the molecule is COC(=O)c1ccc2c(c1)CCCN2Cc1cc(=O)oc2cc(OC)ccc12. The Kier molecular flexibility index (Phi) is 4.77. The van der Waals surface area contributed by atoms with E-state index in [1.807, 2.05) is 24.3 Å². The lowest BCUT2D eigenvalue weighted by molar-refractivity contribution is 0.0600. The van der Waals surface area contributed by atoms with Crippen LogP contribution < -0.4 is 15.3 Å². The van der Waals surface area contributed by atoms with Crippen LogP contribution in [0, 0.1) is 0 Å². The minimum atomic E-state index is -0.381. The second-order valence-electron chi connectivity index (χ2n) is 6.81. The number of carbonyl (C=O) groups excluding carboxylic acids is 1. The maximum Gasteiger partial charge on any atom is 0.337 e. The zero-order valence-electron chi connectivity index (χ0n) is 15.9. The van der Waals surface area contributed by atoms with Gasteiger partial charge < -0.3 is 18.8 Å². The summed E-state index contributed by atoms with van der Waals surface area (Å²) in [5.74, 6) is 0.312. The standard InChI is InChI=1S/C22H21NO5/c1-26-17-6-7-18-16(11-21(24)28-20(18)12-17)13-23-9-3-4-14-10-15(22(25)27-2)5-8-19(14)23/h5-8,10-12H,3-4,9,13H2,1-2H3. The van der Waals surface area contributed by atoms with Crippen LogP contribution in [0.1, 0.15) is 27.9 Å². The van der Waals surface area contributed by atoms with Crippen LogP contribution in [0.4, 0.5) is 5.69 Å². The van der Waals surface area contributed by atoms with Crippen molar-refractivity contribution in [2.45, 2.75) is 19.4 Å². The van der Waals surface area contributed by atoms with E-state index in [-0.39, 0.29) is 11.6 Å².